The molecule has 0 spiro atoms. The summed E-state index contributed by atoms with van der Waals surface area (Å²) in [5, 5.41) is 11.4. The van der Waals surface area contributed by atoms with E-state index in [2.05, 4.69) is 0 Å². The van der Waals surface area contributed by atoms with Gasteiger partial charge in [0.2, 0.25) is 5.75 Å². The molecule has 0 saturated carbocycles. The smallest absolute Gasteiger partial charge is 0.311 e. The maximum atomic E-state index is 11.0. The number of hydrogen-bond donors (Lipinski definition) is 1. The number of aryl methyl sites for hydroxylation is 1. The van der Waals surface area contributed by atoms with E-state index >= 15 is 0 Å². The second kappa shape index (κ2) is 6.11. The van der Waals surface area contributed by atoms with Gasteiger partial charge in [0.15, 0.2) is 0 Å². The third-order valence-electron chi connectivity index (χ3n) is 3.01. The fraction of sp³-hybridized carbons (Fsp3) is 0.200. The van der Waals surface area contributed by atoms with Crippen LogP contribution in [0.3, 0.4) is 0 Å². The van der Waals surface area contributed by atoms with Gasteiger partial charge in [-0.3, -0.25) is 10.1 Å². The summed E-state index contributed by atoms with van der Waals surface area (Å²) in [7, 11) is 0. The lowest BCUT2D eigenvalue weighted by Gasteiger charge is -2.11. The first-order valence-corrected chi connectivity index (χ1v) is 6.74. The van der Waals surface area contributed by atoms with Crippen molar-refractivity contribution in [3.8, 4) is 11.5 Å². The molecule has 6 heteroatoms. The maximum Gasteiger partial charge on any atom is 0.311 e. The highest BCUT2D eigenvalue weighted by molar-refractivity contribution is 6.32. The highest BCUT2D eigenvalue weighted by Crippen LogP contribution is 2.36. The van der Waals surface area contributed by atoms with Gasteiger partial charge in [-0.2, -0.15) is 0 Å². The van der Waals surface area contributed by atoms with Crippen molar-refractivity contribution in [2.24, 2.45) is 5.73 Å². The van der Waals surface area contributed by atoms with Crippen molar-refractivity contribution in [2.75, 3.05) is 0 Å². The van der Waals surface area contributed by atoms with Crippen molar-refractivity contribution in [1.29, 1.82) is 0 Å². The second-order valence-corrected chi connectivity index (χ2v) is 5.22. The fourth-order valence-corrected chi connectivity index (χ4v) is 2.08. The van der Waals surface area contributed by atoms with Crippen molar-refractivity contribution in [3.05, 3.63) is 62.7 Å². The molecule has 0 heterocycles. The number of nitro groups is 1. The average molecular weight is 307 g/mol. The first kappa shape index (κ1) is 15.3. The van der Waals surface area contributed by atoms with Crippen LogP contribution in [0.1, 0.15) is 24.1 Å². The molecule has 0 bridgehead atoms. The molecule has 0 amide bonds. The van der Waals surface area contributed by atoms with Crippen LogP contribution in [0.15, 0.2) is 36.4 Å². The minimum atomic E-state index is -0.487. The summed E-state index contributed by atoms with van der Waals surface area (Å²) in [5.74, 6) is 0.519. The molecule has 0 radical (unpaired) electrons. The summed E-state index contributed by atoms with van der Waals surface area (Å²) >= 11 is 6.14. The van der Waals surface area contributed by atoms with Gasteiger partial charge in [0, 0.05) is 12.1 Å². The Hall–Kier alpha value is -2.11. The number of benzene rings is 2. The molecule has 2 aromatic carbocycles. The number of nitrogens with two attached hydrogens (primary N) is 1. The molecule has 0 unspecified atom stereocenters. The van der Waals surface area contributed by atoms with Crippen LogP contribution in [0.25, 0.3) is 0 Å². The maximum absolute atomic E-state index is 11.0. The lowest BCUT2D eigenvalue weighted by Crippen LogP contribution is -2.04. The second-order valence-electron chi connectivity index (χ2n) is 4.81. The number of nitrogens with zero attached hydrogens (tertiary/aromatic N) is 1. The molecule has 0 saturated heterocycles. The molecule has 0 aromatic heterocycles. The van der Waals surface area contributed by atoms with Gasteiger partial charge in [0.05, 0.1) is 9.95 Å². The quantitative estimate of drug-likeness (QED) is 0.672. The fourth-order valence-electron chi connectivity index (χ4n) is 1.86. The summed E-state index contributed by atoms with van der Waals surface area (Å²) in [6.45, 7) is 3.68. The molecule has 0 aliphatic rings. The van der Waals surface area contributed by atoms with Crippen molar-refractivity contribution in [2.45, 2.75) is 19.9 Å². The summed E-state index contributed by atoms with van der Waals surface area (Å²) in [6.07, 6.45) is 0. The van der Waals surface area contributed by atoms with E-state index in [0.717, 1.165) is 11.1 Å². The van der Waals surface area contributed by atoms with Gasteiger partial charge >= 0.3 is 5.69 Å². The Kier molecular flexibility index (Phi) is 4.45. The van der Waals surface area contributed by atoms with Crippen LogP contribution in [0.5, 0.6) is 11.5 Å². The Bertz CT molecular complexity index is 687. The van der Waals surface area contributed by atoms with Gasteiger partial charge in [-0.05, 0) is 43.2 Å². The minimum Gasteiger partial charge on any atom is -0.449 e. The first-order chi connectivity index (χ1) is 9.88. The van der Waals surface area contributed by atoms with E-state index in [9.17, 15) is 10.1 Å². The SMILES string of the molecule is Cc1ccc([N+](=O)[O-])c(Oc2ccc([C@@H](C)N)cc2Cl)c1. The molecule has 1 atom stereocenters. The highest BCUT2D eigenvalue weighted by Gasteiger charge is 2.17. The molecule has 2 N–H and O–H groups in total. The monoisotopic (exact) mass is 306 g/mol. The van der Waals surface area contributed by atoms with E-state index in [1.165, 1.54) is 6.07 Å². The Labute approximate surface area is 127 Å². The number of ether oxygens (including phenoxy) is 1. The zero-order valence-corrected chi connectivity index (χ0v) is 12.4. The molecular weight excluding hydrogens is 292 g/mol. The molecule has 110 valence electrons. The zero-order chi connectivity index (χ0) is 15.6. The van der Waals surface area contributed by atoms with Gasteiger partial charge in [-0.25, -0.2) is 0 Å². The normalized spacial score (nSPS) is 12.0. The van der Waals surface area contributed by atoms with E-state index in [-0.39, 0.29) is 17.5 Å². The molecule has 2 aromatic rings. The largest absolute Gasteiger partial charge is 0.449 e. The van der Waals surface area contributed by atoms with Crippen LogP contribution in [0, 0.1) is 17.0 Å². The molecule has 0 fully saturated rings. The van der Waals surface area contributed by atoms with Crippen molar-refractivity contribution in [1.82, 2.24) is 0 Å². The Morgan fingerprint density at radius 1 is 1.24 bits per heavy atom. The number of nitro benzene ring substituents is 1. The van der Waals surface area contributed by atoms with E-state index in [1.807, 2.05) is 13.8 Å². The first-order valence-electron chi connectivity index (χ1n) is 6.36. The van der Waals surface area contributed by atoms with E-state index in [0.29, 0.717) is 10.8 Å². The predicted octanol–water partition coefficient (Wildman–Crippen LogP) is 4.37. The molecule has 21 heavy (non-hydrogen) atoms. The zero-order valence-electron chi connectivity index (χ0n) is 11.7. The van der Waals surface area contributed by atoms with Crippen LogP contribution in [-0.4, -0.2) is 4.92 Å². The predicted molar refractivity (Wildman–Crippen MR) is 82.0 cm³/mol. The lowest BCUT2D eigenvalue weighted by atomic mass is 10.1. The summed E-state index contributed by atoms with van der Waals surface area (Å²) in [6, 6.07) is 9.67. The summed E-state index contributed by atoms with van der Waals surface area (Å²) < 4.78 is 5.60. The molecule has 2 rings (SSSR count). The van der Waals surface area contributed by atoms with Gasteiger partial charge < -0.3 is 10.5 Å². The van der Waals surface area contributed by atoms with Crippen molar-refractivity contribution in [3.63, 3.8) is 0 Å². The third-order valence-corrected chi connectivity index (χ3v) is 3.31. The van der Waals surface area contributed by atoms with Crippen LogP contribution in [0.2, 0.25) is 5.02 Å². The highest BCUT2D eigenvalue weighted by atomic mass is 35.5. The van der Waals surface area contributed by atoms with Crippen LogP contribution in [-0.2, 0) is 0 Å². The van der Waals surface area contributed by atoms with Crippen LogP contribution < -0.4 is 10.5 Å². The molecule has 0 aliphatic carbocycles. The summed E-state index contributed by atoms with van der Waals surface area (Å²) in [4.78, 5) is 10.5. The van der Waals surface area contributed by atoms with Gasteiger partial charge in [-0.1, -0.05) is 23.7 Å². The van der Waals surface area contributed by atoms with Gasteiger partial charge in [-0.15, -0.1) is 0 Å². The Balaban J connectivity index is 2.38. The topological polar surface area (TPSA) is 78.4 Å². The minimum absolute atomic E-state index is 0.104. The Morgan fingerprint density at radius 3 is 2.52 bits per heavy atom. The number of hydrogen-bond acceptors (Lipinski definition) is 4. The average Bonchev–Trinajstić information content (AvgIpc) is 2.40. The van der Waals surface area contributed by atoms with E-state index < -0.39 is 4.92 Å². The summed E-state index contributed by atoms with van der Waals surface area (Å²) in [5.41, 5.74) is 7.40. The van der Waals surface area contributed by atoms with Crippen LogP contribution >= 0.6 is 11.6 Å². The molecular formula is C15H15ClN2O3. The van der Waals surface area contributed by atoms with Gasteiger partial charge in [0.25, 0.3) is 0 Å². The third kappa shape index (κ3) is 3.51. The number of halogens is 1. The molecule has 0 aliphatic heterocycles. The van der Waals surface area contributed by atoms with Crippen molar-refractivity contribution < 1.29 is 9.66 Å². The van der Waals surface area contributed by atoms with Crippen molar-refractivity contribution >= 4 is 17.3 Å². The number of rotatable bonds is 4. The standard InChI is InChI=1S/C15H15ClN2O3/c1-9-3-5-13(18(19)20)15(7-9)21-14-6-4-11(10(2)17)8-12(14)16/h3-8,10H,17H2,1-2H3/t10-/m1/s1. The van der Waals surface area contributed by atoms with E-state index in [1.54, 1.807) is 30.3 Å². The van der Waals surface area contributed by atoms with Gasteiger partial charge in [0.1, 0.15) is 5.75 Å². The lowest BCUT2D eigenvalue weighted by molar-refractivity contribution is -0.385. The van der Waals surface area contributed by atoms with Crippen LogP contribution in [0.4, 0.5) is 5.69 Å². The van der Waals surface area contributed by atoms with E-state index in [4.69, 9.17) is 22.1 Å². The Morgan fingerprint density at radius 2 is 1.95 bits per heavy atom. The molecule has 5 nitrogen and oxygen atoms in total.